The van der Waals surface area contributed by atoms with Crippen LogP contribution in [0.2, 0.25) is 0 Å². The predicted octanol–water partition coefficient (Wildman–Crippen LogP) is 0.864. The monoisotopic (exact) mass is 189 g/mol. The molecule has 0 spiro atoms. The molecule has 13 heavy (non-hydrogen) atoms. The van der Waals surface area contributed by atoms with Crippen LogP contribution in [-0.2, 0) is 14.3 Å². The van der Waals surface area contributed by atoms with Crippen molar-refractivity contribution < 1.29 is 14.3 Å². The van der Waals surface area contributed by atoms with E-state index in [1.165, 1.54) is 0 Å². The maximum atomic E-state index is 11.3. The molecule has 0 aliphatic heterocycles. The summed E-state index contributed by atoms with van der Waals surface area (Å²) in [6, 6.07) is 0. The summed E-state index contributed by atoms with van der Waals surface area (Å²) < 4.78 is 10.0. The maximum Gasteiger partial charge on any atom is 0.222 e. The fraction of sp³-hybridized carbons (Fsp3) is 0.889. The van der Waals surface area contributed by atoms with Crippen LogP contribution in [0.3, 0.4) is 0 Å². The van der Waals surface area contributed by atoms with Crippen LogP contribution in [0.15, 0.2) is 0 Å². The fourth-order valence-corrected chi connectivity index (χ4v) is 1.06. The molecule has 0 aromatic heterocycles. The third kappa shape index (κ3) is 4.24. The molecule has 0 atom stereocenters. The minimum absolute atomic E-state index is 0.126. The van der Waals surface area contributed by atoms with Crippen molar-refractivity contribution in [2.24, 2.45) is 0 Å². The molecule has 0 bridgehead atoms. The fourth-order valence-electron chi connectivity index (χ4n) is 1.06. The minimum Gasteiger partial charge on any atom is -0.354 e. The summed E-state index contributed by atoms with van der Waals surface area (Å²) in [6.45, 7) is 4.97. The number of carbonyl (C=O) groups excluding carboxylic acids is 1. The van der Waals surface area contributed by atoms with Crippen LogP contribution in [0.5, 0.6) is 0 Å². The van der Waals surface area contributed by atoms with Crippen LogP contribution in [0.1, 0.15) is 20.3 Å². The Hall–Kier alpha value is -0.610. The molecule has 0 saturated heterocycles. The first-order valence-corrected chi connectivity index (χ1v) is 4.52. The van der Waals surface area contributed by atoms with Gasteiger partial charge in [-0.15, -0.1) is 0 Å². The molecule has 0 fully saturated rings. The van der Waals surface area contributed by atoms with Gasteiger partial charge in [0.05, 0.1) is 6.54 Å². The highest BCUT2D eigenvalue weighted by Crippen LogP contribution is 1.99. The Kier molecular flexibility index (Phi) is 6.54. The third-order valence-electron chi connectivity index (χ3n) is 1.93. The van der Waals surface area contributed by atoms with Gasteiger partial charge in [-0.2, -0.15) is 0 Å². The standard InChI is InChI=1S/C9H19NO3/c1-5-8(11)10(6-2)7-9(12-3)13-4/h9H,5-7H2,1-4H3. The van der Waals surface area contributed by atoms with Gasteiger partial charge in [0.15, 0.2) is 6.29 Å². The van der Waals surface area contributed by atoms with E-state index in [4.69, 9.17) is 9.47 Å². The number of hydrogen-bond acceptors (Lipinski definition) is 3. The van der Waals surface area contributed by atoms with E-state index in [9.17, 15) is 4.79 Å². The van der Waals surface area contributed by atoms with Crippen LogP contribution in [0, 0.1) is 0 Å². The molecule has 0 aromatic carbocycles. The Balaban J connectivity index is 4.02. The number of likely N-dealkylation sites (N-methyl/N-ethyl adjacent to an activating group) is 1. The molecule has 0 aromatic rings. The summed E-state index contributed by atoms with van der Waals surface area (Å²) in [4.78, 5) is 13.0. The Morgan fingerprint density at radius 3 is 2.15 bits per heavy atom. The zero-order valence-corrected chi connectivity index (χ0v) is 8.87. The van der Waals surface area contributed by atoms with Gasteiger partial charge >= 0.3 is 0 Å². The van der Waals surface area contributed by atoms with Gasteiger partial charge in [-0.05, 0) is 6.92 Å². The van der Waals surface area contributed by atoms with Gasteiger partial charge in [-0.1, -0.05) is 6.92 Å². The van der Waals surface area contributed by atoms with Crippen molar-refractivity contribution in [2.45, 2.75) is 26.6 Å². The summed E-state index contributed by atoms with van der Waals surface area (Å²) in [6.07, 6.45) is 0.198. The quantitative estimate of drug-likeness (QED) is 0.582. The molecular formula is C9H19NO3. The molecule has 4 nitrogen and oxygen atoms in total. The van der Waals surface area contributed by atoms with Crippen molar-refractivity contribution in [1.82, 2.24) is 4.90 Å². The molecule has 0 aliphatic carbocycles. The lowest BCUT2D eigenvalue weighted by molar-refractivity contribution is -0.144. The zero-order valence-electron chi connectivity index (χ0n) is 8.87. The Morgan fingerprint density at radius 1 is 1.31 bits per heavy atom. The van der Waals surface area contributed by atoms with Gasteiger partial charge in [0.25, 0.3) is 0 Å². The lowest BCUT2D eigenvalue weighted by Gasteiger charge is -2.24. The largest absolute Gasteiger partial charge is 0.354 e. The summed E-state index contributed by atoms with van der Waals surface area (Å²) in [7, 11) is 3.14. The normalized spacial score (nSPS) is 10.5. The van der Waals surface area contributed by atoms with Crippen molar-refractivity contribution in [2.75, 3.05) is 27.3 Å². The Morgan fingerprint density at radius 2 is 1.85 bits per heavy atom. The van der Waals surface area contributed by atoms with E-state index in [1.807, 2.05) is 13.8 Å². The van der Waals surface area contributed by atoms with E-state index >= 15 is 0 Å². The van der Waals surface area contributed by atoms with Crippen molar-refractivity contribution in [3.63, 3.8) is 0 Å². The van der Waals surface area contributed by atoms with Crippen LogP contribution in [0.25, 0.3) is 0 Å². The van der Waals surface area contributed by atoms with Gasteiger partial charge in [0, 0.05) is 27.2 Å². The summed E-state index contributed by atoms with van der Waals surface area (Å²) in [5, 5.41) is 0. The summed E-state index contributed by atoms with van der Waals surface area (Å²) in [5.41, 5.74) is 0. The van der Waals surface area contributed by atoms with Gasteiger partial charge in [0.1, 0.15) is 0 Å². The maximum absolute atomic E-state index is 11.3. The lowest BCUT2D eigenvalue weighted by atomic mass is 10.3. The second-order valence-electron chi connectivity index (χ2n) is 2.69. The predicted molar refractivity (Wildman–Crippen MR) is 50.4 cm³/mol. The number of methoxy groups -OCH3 is 2. The average Bonchev–Trinajstić information content (AvgIpc) is 2.19. The van der Waals surface area contributed by atoms with Crippen LogP contribution in [-0.4, -0.2) is 44.4 Å². The third-order valence-corrected chi connectivity index (χ3v) is 1.93. The molecule has 78 valence electrons. The minimum atomic E-state index is -0.324. The van der Waals surface area contributed by atoms with Crippen LogP contribution < -0.4 is 0 Å². The highest BCUT2D eigenvalue weighted by Gasteiger charge is 2.14. The molecule has 4 heteroatoms. The smallest absolute Gasteiger partial charge is 0.222 e. The molecule has 0 rings (SSSR count). The van der Waals surface area contributed by atoms with Crippen molar-refractivity contribution in [3.8, 4) is 0 Å². The molecule has 0 N–H and O–H groups in total. The second kappa shape index (κ2) is 6.86. The van der Waals surface area contributed by atoms with Crippen molar-refractivity contribution in [3.05, 3.63) is 0 Å². The molecule has 0 saturated carbocycles. The summed E-state index contributed by atoms with van der Waals surface area (Å²) >= 11 is 0. The van der Waals surface area contributed by atoms with Crippen molar-refractivity contribution in [1.29, 1.82) is 0 Å². The summed E-state index contributed by atoms with van der Waals surface area (Å²) in [5.74, 6) is 0.126. The van der Waals surface area contributed by atoms with Crippen LogP contribution in [0.4, 0.5) is 0 Å². The molecule has 0 radical (unpaired) electrons. The van der Waals surface area contributed by atoms with Gasteiger partial charge < -0.3 is 14.4 Å². The van der Waals surface area contributed by atoms with E-state index in [0.29, 0.717) is 19.5 Å². The first-order chi connectivity index (χ1) is 6.19. The van der Waals surface area contributed by atoms with Crippen molar-refractivity contribution >= 4 is 5.91 Å². The van der Waals surface area contributed by atoms with Gasteiger partial charge in [-0.3, -0.25) is 4.79 Å². The number of ether oxygens (including phenoxy) is 2. The van der Waals surface area contributed by atoms with Crippen LogP contribution >= 0.6 is 0 Å². The molecule has 0 heterocycles. The molecular weight excluding hydrogens is 170 g/mol. The Labute approximate surface area is 79.8 Å². The van der Waals surface area contributed by atoms with Gasteiger partial charge in [0.2, 0.25) is 5.91 Å². The number of hydrogen-bond donors (Lipinski definition) is 0. The Bertz CT molecular complexity index is 146. The zero-order chi connectivity index (χ0) is 10.3. The van der Waals surface area contributed by atoms with E-state index in [0.717, 1.165) is 0 Å². The highest BCUT2D eigenvalue weighted by atomic mass is 16.7. The van der Waals surface area contributed by atoms with Gasteiger partial charge in [-0.25, -0.2) is 0 Å². The number of rotatable bonds is 6. The van der Waals surface area contributed by atoms with E-state index in [2.05, 4.69) is 0 Å². The number of nitrogens with zero attached hydrogens (tertiary/aromatic N) is 1. The average molecular weight is 189 g/mol. The molecule has 0 aliphatic rings. The SMILES string of the molecule is CCC(=O)N(CC)CC(OC)OC. The lowest BCUT2D eigenvalue weighted by Crippen LogP contribution is -2.38. The first-order valence-electron chi connectivity index (χ1n) is 4.52. The number of amides is 1. The topological polar surface area (TPSA) is 38.8 Å². The van der Waals surface area contributed by atoms with E-state index in [1.54, 1.807) is 19.1 Å². The molecule has 0 unspecified atom stereocenters. The highest BCUT2D eigenvalue weighted by molar-refractivity contribution is 5.75. The first kappa shape index (κ1) is 12.4. The van der Waals surface area contributed by atoms with E-state index in [-0.39, 0.29) is 12.2 Å². The van der Waals surface area contributed by atoms with E-state index < -0.39 is 0 Å². The molecule has 1 amide bonds. The number of carbonyl (C=O) groups is 1. The second-order valence-corrected chi connectivity index (χ2v) is 2.69.